The number of carbonyl (C=O) groups is 1. The first-order valence-corrected chi connectivity index (χ1v) is 6.82. The maximum Gasteiger partial charge on any atom is 0.251 e. The van der Waals surface area contributed by atoms with Crippen LogP contribution in [-0.4, -0.2) is 31.7 Å². The molecule has 1 aromatic rings. The van der Waals surface area contributed by atoms with Crippen molar-refractivity contribution in [2.45, 2.75) is 38.9 Å². The highest BCUT2D eigenvalue weighted by Crippen LogP contribution is 2.21. The van der Waals surface area contributed by atoms with E-state index >= 15 is 0 Å². The molecule has 1 aromatic carbocycles. The van der Waals surface area contributed by atoms with E-state index in [1.807, 2.05) is 25.1 Å². The summed E-state index contributed by atoms with van der Waals surface area (Å²) < 4.78 is 5.78. The van der Waals surface area contributed by atoms with Gasteiger partial charge in [0.1, 0.15) is 0 Å². The number of anilines is 1. The van der Waals surface area contributed by atoms with Gasteiger partial charge >= 0.3 is 0 Å². The van der Waals surface area contributed by atoms with E-state index in [1.165, 1.54) is 0 Å². The van der Waals surface area contributed by atoms with Gasteiger partial charge in [0.2, 0.25) is 0 Å². The van der Waals surface area contributed by atoms with E-state index in [-0.39, 0.29) is 5.91 Å². The van der Waals surface area contributed by atoms with E-state index in [4.69, 9.17) is 4.74 Å². The van der Waals surface area contributed by atoms with Crippen LogP contribution >= 0.6 is 0 Å². The molecule has 0 aromatic heterocycles. The van der Waals surface area contributed by atoms with E-state index in [2.05, 4.69) is 17.6 Å². The molecule has 1 heterocycles. The van der Waals surface area contributed by atoms with Gasteiger partial charge in [-0.3, -0.25) is 4.79 Å². The molecule has 1 amide bonds. The van der Waals surface area contributed by atoms with Gasteiger partial charge in [-0.05, 0) is 50.5 Å². The van der Waals surface area contributed by atoms with Crippen LogP contribution < -0.4 is 10.6 Å². The normalized spacial score (nSPS) is 22.3. The number of carbonyl (C=O) groups excluding carboxylic acids is 1. The van der Waals surface area contributed by atoms with Crippen molar-refractivity contribution in [1.29, 1.82) is 0 Å². The summed E-state index contributed by atoms with van der Waals surface area (Å²) in [5, 5.41) is 6.03. The van der Waals surface area contributed by atoms with E-state index in [0.29, 0.717) is 17.8 Å². The first-order chi connectivity index (χ1) is 9.10. The second-order valence-corrected chi connectivity index (χ2v) is 5.14. The van der Waals surface area contributed by atoms with Crippen LogP contribution in [0.4, 0.5) is 5.69 Å². The molecule has 0 bridgehead atoms. The number of benzene rings is 1. The Morgan fingerprint density at radius 3 is 2.79 bits per heavy atom. The predicted octanol–water partition coefficient (Wildman–Crippen LogP) is 2.33. The quantitative estimate of drug-likeness (QED) is 0.875. The lowest BCUT2D eigenvalue weighted by atomic mass is 10.1. The van der Waals surface area contributed by atoms with Crippen LogP contribution in [0.1, 0.15) is 35.7 Å². The maximum absolute atomic E-state index is 11.5. The van der Waals surface area contributed by atoms with Crippen molar-refractivity contribution in [3.05, 3.63) is 29.3 Å². The molecule has 1 fully saturated rings. The molecule has 1 aliphatic heterocycles. The summed E-state index contributed by atoms with van der Waals surface area (Å²) in [6.45, 7) is 4.95. The number of hydrogen-bond acceptors (Lipinski definition) is 3. The third kappa shape index (κ3) is 3.47. The third-order valence-electron chi connectivity index (χ3n) is 3.56. The molecular formula is C15H22N2O2. The van der Waals surface area contributed by atoms with Crippen LogP contribution in [0.15, 0.2) is 18.2 Å². The lowest BCUT2D eigenvalue weighted by molar-refractivity contribution is 0.0637. The third-order valence-corrected chi connectivity index (χ3v) is 3.56. The molecule has 0 spiro atoms. The Bertz CT molecular complexity index is 459. The SMILES string of the molecule is CNC(=O)c1ccc(NCC2CCC(C)O2)c(C)c1. The highest BCUT2D eigenvalue weighted by atomic mass is 16.5. The highest BCUT2D eigenvalue weighted by Gasteiger charge is 2.21. The number of hydrogen-bond donors (Lipinski definition) is 2. The smallest absolute Gasteiger partial charge is 0.251 e. The second kappa shape index (κ2) is 6.06. The van der Waals surface area contributed by atoms with Crippen molar-refractivity contribution < 1.29 is 9.53 Å². The van der Waals surface area contributed by atoms with Crippen molar-refractivity contribution >= 4 is 11.6 Å². The molecule has 2 unspecified atom stereocenters. The maximum atomic E-state index is 11.5. The average Bonchev–Trinajstić information content (AvgIpc) is 2.82. The molecule has 4 nitrogen and oxygen atoms in total. The van der Waals surface area contributed by atoms with Crippen molar-refractivity contribution in [2.24, 2.45) is 0 Å². The lowest BCUT2D eigenvalue weighted by Gasteiger charge is -2.15. The van der Waals surface area contributed by atoms with E-state index < -0.39 is 0 Å². The number of ether oxygens (including phenoxy) is 1. The first-order valence-electron chi connectivity index (χ1n) is 6.82. The molecule has 2 N–H and O–H groups in total. The first kappa shape index (κ1) is 13.9. The zero-order valence-electron chi connectivity index (χ0n) is 11.8. The van der Waals surface area contributed by atoms with Crippen LogP contribution in [0.5, 0.6) is 0 Å². The summed E-state index contributed by atoms with van der Waals surface area (Å²) in [6.07, 6.45) is 2.93. The Morgan fingerprint density at radius 1 is 1.42 bits per heavy atom. The molecule has 19 heavy (non-hydrogen) atoms. The van der Waals surface area contributed by atoms with E-state index in [1.54, 1.807) is 7.05 Å². The van der Waals surface area contributed by atoms with Gasteiger partial charge < -0.3 is 15.4 Å². The molecule has 0 radical (unpaired) electrons. The van der Waals surface area contributed by atoms with Crippen molar-refractivity contribution in [3.8, 4) is 0 Å². The van der Waals surface area contributed by atoms with E-state index in [9.17, 15) is 4.79 Å². The minimum atomic E-state index is -0.0531. The largest absolute Gasteiger partial charge is 0.382 e. The topological polar surface area (TPSA) is 50.4 Å². The molecule has 4 heteroatoms. The molecule has 2 atom stereocenters. The van der Waals surface area contributed by atoms with Gasteiger partial charge in [-0.25, -0.2) is 0 Å². The number of nitrogens with one attached hydrogen (secondary N) is 2. The summed E-state index contributed by atoms with van der Waals surface area (Å²) in [5.74, 6) is -0.0531. The average molecular weight is 262 g/mol. The Morgan fingerprint density at radius 2 is 2.21 bits per heavy atom. The van der Waals surface area contributed by atoms with Gasteiger partial charge in [-0.1, -0.05) is 0 Å². The van der Waals surface area contributed by atoms with Crippen LogP contribution in [0.2, 0.25) is 0 Å². The molecule has 0 saturated carbocycles. The van der Waals surface area contributed by atoms with Gasteiger partial charge in [0.25, 0.3) is 5.91 Å². The fourth-order valence-electron chi connectivity index (χ4n) is 2.41. The molecule has 0 aliphatic carbocycles. The number of amides is 1. The fraction of sp³-hybridized carbons (Fsp3) is 0.533. The molecule has 2 rings (SSSR count). The standard InChI is InChI=1S/C15H22N2O2/c1-10-8-12(15(18)16-3)5-7-14(10)17-9-13-6-4-11(2)19-13/h5,7-8,11,13,17H,4,6,9H2,1-3H3,(H,16,18). The Hall–Kier alpha value is -1.55. The summed E-state index contributed by atoms with van der Waals surface area (Å²) in [6, 6.07) is 5.70. The van der Waals surface area contributed by atoms with Crippen LogP contribution in [0.25, 0.3) is 0 Å². The van der Waals surface area contributed by atoms with Gasteiger partial charge in [-0.15, -0.1) is 0 Å². The van der Waals surface area contributed by atoms with Crippen molar-refractivity contribution in [3.63, 3.8) is 0 Å². The summed E-state index contributed by atoms with van der Waals surface area (Å²) >= 11 is 0. The number of rotatable bonds is 4. The van der Waals surface area contributed by atoms with Crippen LogP contribution in [-0.2, 0) is 4.74 Å². The van der Waals surface area contributed by atoms with Gasteiger partial charge in [-0.2, -0.15) is 0 Å². The van der Waals surface area contributed by atoms with Gasteiger partial charge in [0, 0.05) is 24.8 Å². The van der Waals surface area contributed by atoms with Gasteiger partial charge in [0.05, 0.1) is 12.2 Å². The minimum absolute atomic E-state index is 0.0531. The molecule has 1 saturated heterocycles. The molecule has 104 valence electrons. The highest BCUT2D eigenvalue weighted by molar-refractivity contribution is 5.94. The molecule has 1 aliphatic rings. The number of aryl methyl sites for hydroxylation is 1. The molecular weight excluding hydrogens is 240 g/mol. The Kier molecular flexibility index (Phi) is 4.43. The zero-order chi connectivity index (χ0) is 13.8. The fourth-order valence-corrected chi connectivity index (χ4v) is 2.41. The second-order valence-electron chi connectivity index (χ2n) is 5.14. The Balaban J connectivity index is 1.95. The summed E-state index contributed by atoms with van der Waals surface area (Å²) in [5.41, 5.74) is 2.83. The van der Waals surface area contributed by atoms with Gasteiger partial charge in [0.15, 0.2) is 0 Å². The monoisotopic (exact) mass is 262 g/mol. The summed E-state index contributed by atoms with van der Waals surface area (Å²) in [4.78, 5) is 11.5. The zero-order valence-corrected chi connectivity index (χ0v) is 11.8. The van der Waals surface area contributed by atoms with Crippen LogP contribution in [0, 0.1) is 6.92 Å². The van der Waals surface area contributed by atoms with Crippen LogP contribution in [0.3, 0.4) is 0 Å². The lowest BCUT2D eigenvalue weighted by Crippen LogP contribution is -2.21. The minimum Gasteiger partial charge on any atom is -0.382 e. The van der Waals surface area contributed by atoms with Crippen molar-refractivity contribution in [2.75, 3.05) is 18.9 Å². The summed E-state index contributed by atoms with van der Waals surface area (Å²) in [7, 11) is 1.64. The van der Waals surface area contributed by atoms with E-state index in [0.717, 1.165) is 30.6 Å². The Labute approximate surface area is 114 Å². The van der Waals surface area contributed by atoms with Crippen molar-refractivity contribution in [1.82, 2.24) is 5.32 Å². The predicted molar refractivity (Wildman–Crippen MR) is 76.6 cm³/mol.